The van der Waals surface area contributed by atoms with E-state index in [0.29, 0.717) is 5.92 Å². The molecule has 0 saturated carbocycles. The Morgan fingerprint density at radius 3 is 2.13 bits per heavy atom. The Balaban J connectivity index is 3.80. The highest BCUT2D eigenvalue weighted by Gasteiger charge is 2.13. The van der Waals surface area contributed by atoms with E-state index in [-0.39, 0.29) is 0 Å². The van der Waals surface area contributed by atoms with Crippen LogP contribution in [-0.4, -0.2) is 37.2 Å². The van der Waals surface area contributed by atoms with Crippen LogP contribution in [-0.2, 0) is 4.74 Å². The highest BCUT2D eigenvalue weighted by atomic mass is 32.1. The molecule has 0 rings (SSSR count). The number of likely N-dealkylation sites (N-methyl/N-ethyl adjacent to an activating group) is 1. The molecule has 0 aromatic carbocycles. The van der Waals surface area contributed by atoms with Gasteiger partial charge in [0.1, 0.15) is 6.61 Å². The fourth-order valence-corrected chi connectivity index (χ4v) is 1.84. The monoisotopic (exact) mass is 231 g/mol. The molecule has 0 saturated heterocycles. The molecule has 0 N–H and O–H groups in total. The molecule has 0 atom stereocenters. The molecule has 0 amide bonds. The fourth-order valence-electron chi connectivity index (χ4n) is 1.52. The maximum atomic E-state index is 5.61. The Labute approximate surface area is 100.0 Å². The summed E-state index contributed by atoms with van der Waals surface area (Å²) >= 11 is 5.32. The van der Waals surface area contributed by atoms with Gasteiger partial charge in [-0.1, -0.05) is 26.7 Å². The first-order chi connectivity index (χ1) is 7.11. The average molecular weight is 231 g/mol. The van der Waals surface area contributed by atoms with Crippen molar-refractivity contribution < 1.29 is 4.74 Å². The molecule has 15 heavy (non-hydrogen) atoms. The third kappa shape index (κ3) is 7.74. The van der Waals surface area contributed by atoms with Gasteiger partial charge in [0, 0.05) is 12.5 Å². The van der Waals surface area contributed by atoms with Crippen molar-refractivity contribution in [1.82, 2.24) is 4.90 Å². The van der Waals surface area contributed by atoms with E-state index in [9.17, 15) is 0 Å². The zero-order valence-corrected chi connectivity index (χ0v) is 11.4. The van der Waals surface area contributed by atoms with E-state index in [1.165, 1.54) is 12.8 Å². The summed E-state index contributed by atoms with van der Waals surface area (Å²) in [6.45, 7) is 6.05. The molecule has 0 unspecified atom stereocenters. The lowest BCUT2D eigenvalue weighted by Gasteiger charge is -2.18. The van der Waals surface area contributed by atoms with Gasteiger partial charge in [0.05, 0.1) is 0 Å². The van der Waals surface area contributed by atoms with Gasteiger partial charge in [-0.15, -0.1) is 0 Å². The smallest absolute Gasteiger partial charge is 0.162 e. The second kappa shape index (κ2) is 9.10. The summed E-state index contributed by atoms with van der Waals surface area (Å²) in [5.74, 6) is 0.483. The van der Waals surface area contributed by atoms with Crippen molar-refractivity contribution in [3.8, 4) is 0 Å². The van der Waals surface area contributed by atoms with Crippen molar-refractivity contribution in [2.24, 2.45) is 5.92 Å². The van der Waals surface area contributed by atoms with Crippen LogP contribution >= 0.6 is 12.2 Å². The van der Waals surface area contributed by atoms with Crippen LogP contribution in [0.4, 0.5) is 0 Å². The molecular formula is C12H25NOS. The first kappa shape index (κ1) is 14.8. The maximum absolute atomic E-state index is 5.61. The van der Waals surface area contributed by atoms with Crippen molar-refractivity contribution in [3.63, 3.8) is 0 Å². The third-order valence-electron chi connectivity index (χ3n) is 2.39. The van der Waals surface area contributed by atoms with Crippen LogP contribution in [0.25, 0.3) is 0 Å². The van der Waals surface area contributed by atoms with Gasteiger partial charge < -0.3 is 9.64 Å². The second-order valence-corrected chi connectivity index (χ2v) is 4.65. The minimum atomic E-state index is 0.483. The molecule has 0 bridgehead atoms. The lowest BCUT2D eigenvalue weighted by atomic mass is 9.99. The minimum Gasteiger partial charge on any atom is -0.485 e. The molecule has 0 fully saturated rings. The summed E-state index contributed by atoms with van der Waals surface area (Å²) in [5.41, 5.74) is 0. The number of thiocarbonyl (C=S) groups is 1. The predicted molar refractivity (Wildman–Crippen MR) is 70.4 cm³/mol. The topological polar surface area (TPSA) is 12.5 Å². The summed E-state index contributed by atoms with van der Waals surface area (Å²) < 4.78 is 5.61. The van der Waals surface area contributed by atoms with Crippen LogP contribution in [0.1, 0.15) is 39.5 Å². The summed E-state index contributed by atoms with van der Waals surface area (Å²) in [6.07, 6.45) is 4.69. The highest BCUT2D eigenvalue weighted by Crippen LogP contribution is 2.16. The fraction of sp³-hybridized carbons (Fsp3) is 0.917. The van der Waals surface area contributed by atoms with Gasteiger partial charge in [-0.05, 0) is 39.2 Å². The van der Waals surface area contributed by atoms with Crippen LogP contribution in [0.5, 0.6) is 0 Å². The molecule has 0 aliphatic carbocycles. The summed E-state index contributed by atoms with van der Waals surface area (Å²) in [4.78, 5) is 2.11. The van der Waals surface area contributed by atoms with Gasteiger partial charge in [-0.2, -0.15) is 0 Å². The molecule has 0 aromatic heterocycles. The van der Waals surface area contributed by atoms with Crippen LogP contribution < -0.4 is 0 Å². The molecule has 90 valence electrons. The first-order valence-corrected chi connectivity index (χ1v) is 6.34. The van der Waals surface area contributed by atoms with E-state index in [4.69, 9.17) is 17.0 Å². The molecular weight excluding hydrogens is 206 g/mol. The van der Waals surface area contributed by atoms with Crippen molar-refractivity contribution in [2.75, 3.05) is 27.2 Å². The van der Waals surface area contributed by atoms with Crippen LogP contribution in [0.2, 0.25) is 0 Å². The first-order valence-electron chi connectivity index (χ1n) is 5.93. The second-order valence-electron chi connectivity index (χ2n) is 4.25. The molecule has 0 spiro atoms. The molecule has 0 aromatic rings. The van der Waals surface area contributed by atoms with E-state index in [1.807, 2.05) is 14.1 Å². The molecule has 3 heteroatoms. The Kier molecular flexibility index (Phi) is 9.01. The third-order valence-corrected chi connectivity index (χ3v) is 2.84. The van der Waals surface area contributed by atoms with E-state index in [2.05, 4.69) is 18.7 Å². The Hall–Kier alpha value is -0.150. The van der Waals surface area contributed by atoms with E-state index in [1.54, 1.807) is 0 Å². The van der Waals surface area contributed by atoms with Gasteiger partial charge in [-0.3, -0.25) is 0 Å². The van der Waals surface area contributed by atoms with Gasteiger partial charge in [-0.25, -0.2) is 0 Å². The van der Waals surface area contributed by atoms with E-state index in [0.717, 1.165) is 31.0 Å². The Bertz CT molecular complexity index is 165. The molecule has 0 heterocycles. The SMILES string of the molecule is CCCC(CCC)C(=S)OCCN(C)C. The zero-order chi connectivity index (χ0) is 11.7. The van der Waals surface area contributed by atoms with Crippen LogP contribution in [0.3, 0.4) is 0 Å². The average Bonchev–Trinajstić information content (AvgIpc) is 2.16. The van der Waals surface area contributed by atoms with Gasteiger partial charge in [0.15, 0.2) is 5.05 Å². The van der Waals surface area contributed by atoms with Crippen LogP contribution in [0, 0.1) is 5.92 Å². The summed E-state index contributed by atoms with van der Waals surface area (Å²) in [6, 6.07) is 0. The molecule has 0 radical (unpaired) electrons. The van der Waals surface area contributed by atoms with Crippen molar-refractivity contribution in [3.05, 3.63) is 0 Å². The number of rotatable bonds is 8. The molecule has 2 nitrogen and oxygen atoms in total. The van der Waals surface area contributed by atoms with Gasteiger partial charge in [0.25, 0.3) is 0 Å². The number of hydrogen-bond donors (Lipinski definition) is 0. The van der Waals surface area contributed by atoms with Crippen molar-refractivity contribution in [1.29, 1.82) is 0 Å². The van der Waals surface area contributed by atoms with Crippen molar-refractivity contribution >= 4 is 17.3 Å². The minimum absolute atomic E-state index is 0.483. The summed E-state index contributed by atoms with van der Waals surface area (Å²) in [7, 11) is 4.09. The highest BCUT2D eigenvalue weighted by molar-refractivity contribution is 7.80. The normalized spacial score (nSPS) is 11.1. The Morgan fingerprint density at radius 2 is 1.73 bits per heavy atom. The van der Waals surface area contributed by atoms with Crippen molar-refractivity contribution in [2.45, 2.75) is 39.5 Å². The molecule has 0 aliphatic heterocycles. The quantitative estimate of drug-likeness (QED) is 0.596. The van der Waals surface area contributed by atoms with E-state index >= 15 is 0 Å². The molecule has 0 aliphatic rings. The van der Waals surface area contributed by atoms with Gasteiger partial charge >= 0.3 is 0 Å². The zero-order valence-electron chi connectivity index (χ0n) is 10.6. The summed E-state index contributed by atoms with van der Waals surface area (Å²) in [5, 5.41) is 0.820. The van der Waals surface area contributed by atoms with E-state index < -0.39 is 0 Å². The standard InChI is InChI=1S/C12H25NOS/c1-5-7-11(8-6-2)12(15)14-10-9-13(3)4/h11H,5-10H2,1-4H3. The maximum Gasteiger partial charge on any atom is 0.162 e. The van der Waals surface area contributed by atoms with Crippen LogP contribution in [0.15, 0.2) is 0 Å². The lowest BCUT2D eigenvalue weighted by molar-refractivity contribution is 0.239. The number of nitrogens with zero attached hydrogens (tertiary/aromatic N) is 1. The number of hydrogen-bond acceptors (Lipinski definition) is 3. The predicted octanol–water partition coefficient (Wildman–Crippen LogP) is 3.11. The number of ether oxygens (including phenoxy) is 1. The lowest BCUT2D eigenvalue weighted by Crippen LogP contribution is -2.22. The largest absolute Gasteiger partial charge is 0.485 e. The van der Waals surface area contributed by atoms with Gasteiger partial charge in [0.2, 0.25) is 0 Å². The Morgan fingerprint density at radius 1 is 1.20 bits per heavy atom.